The highest BCUT2D eigenvalue weighted by Gasteiger charge is 2.69. The first-order chi connectivity index (χ1) is 17.7. The first-order valence-corrected chi connectivity index (χ1v) is 12.4. The predicted molar refractivity (Wildman–Crippen MR) is 136 cm³/mol. The Morgan fingerprint density at radius 1 is 1.03 bits per heavy atom. The Kier molecular flexibility index (Phi) is 7.36. The van der Waals surface area contributed by atoms with Gasteiger partial charge in [0.2, 0.25) is 11.8 Å². The summed E-state index contributed by atoms with van der Waals surface area (Å²) in [6.07, 6.45) is 0.866. The molecule has 0 aliphatic carbocycles. The van der Waals surface area contributed by atoms with Crippen molar-refractivity contribution in [2.24, 2.45) is 11.8 Å². The lowest BCUT2D eigenvalue weighted by atomic mass is 9.77. The number of ether oxygens (including phenoxy) is 3. The molecule has 4 atom stereocenters. The highest BCUT2D eigenvalue weighted by molar-refractivity contribution is 6.24. The smallest absolute Gasteiger partial charge is 0.327 e. The summed E-state index contributed by atoms with van der Waals surface area (Å²) in [4.78, 5) is 54.7. The van der Waals surface area contributed by atoms with Crippen LogP contribution < -0.4 is 19.7 Å². The molecule has 4 rings (SSSR count). The molecule has 2 fully saturated rings. The fourth-order valence-electron chi connectivity index (χ4n) is 5.64. The zero-order valence-corrected chi connectivity index (χ0v) is 21.7. The molecule has 0 aromatic heterocycles. The molecule has 2 saturated heterocycles. The third-order valence-electron chi connectivity index (χ3n) is 7.22. The molecular formula is C28H32N2O7. The van der Waals surface area contributed by atoms with E-state index in [4.69, 9.17) is 14.2 Å². The Bertz CT molecular complexity index is 1240. The molecule has 2 aromatic carbocycles. The monoisotopic (exact) mass is 508 g/mol. The van der Waals surface area contributed by atoms with Crippen LogP contribution in [0.15, 0.2) is 42.5 Å². The van der Waals surface area contributed by atoms with Crippen molar-refractivity contribution in [3.8, 4) is 11.5 Å². The minimum absolute atomic E-state index is 0.131. The van der Waals surface area contributed by atoms with Crippen molar-refractivity contribution < 1.29 is 33.4 Å². The number of hydrogen-bond donors (Lipinski definition) is 1. The van der Waals surface area contributed by atoms with Gasteiger partial charge in [-0.25, -0.2) is 4.90 Å². The Morgan fingerprint density at radius 2 is 1.78 bits per heavy atom. The van der Waals surface area contributed by atoms with Crippen LogP contribution in [-0.2, 0) is 19.1 Å². The van der Waals surface area contributed by atoms with Crippen molar-refractivity contribution in [3.63, 3.8) is 0 Å². The number of carbonyl (C=O) groups excluding carboxylic acids is 4. The van der Waals surface area contributed by atoms with E-state index >= 15 is 0 Å². The van der Waals surface area contributed by atoms with E-state index in [9.17, 15) is 19.2 Å². The van der Waals surface area contributed by atoms with Gasteiger partial charge in [-0.15, -0.1) is 0 Å². The van der Waals surface area contributed by atoms with Gasteiger partial charge < -0.3 is 14.2 Å². The number of carbonyl (C=O) groups is 4. The van der Waals surface area contributed by atoms with Gasteiger partial charge in [0.05, 0.1) is 38.3 Å². The number of amides is 2. The third kappa shape index (κ3) is 4.27. The molecule has 0 spiro atoms. The van der Waals surface area contributed by atoms with E-state index in [1.54, 1.807) is 43.3 Å². The number of imide groups is 1. The Labute approximate surface area is 216 Å². The Balaban J connectivity index is 1.90. The molecule has 0 unspecified atom stereocenters. The molecule has 2 amide bonds. The van der Waals surface area contributed by atoms with Crippen LogP contribution in [0.2, 0.25) is 0 Å². The molecule has 9 heteroatoms. The number of nitrogens with zero attached hydrogens (tertiary/aromatic N) is 1. The second kappa shape index (κ2) is 10.3. The lowest BCUT2D eigenvalue weighted by Crippen LogP contribution is -2.56. The number of hydrogen-bond acceptors (Lipinski definition) is 8. The number of benzene rings is 2. The molecule has 1 N–H and O–H groups in total. The minimum Gasteiger partial charge on any atom is -0.497 e. The normalized spacial score (nSPS) is 24.7. The molecule has 37 heavy (non-hydrogen) atoms. The fourth-order valence-corrected chi connectivity index (χ4v) is 5.64. The average Bonchev–Trinajstić information content (AvgIpc) is 3.37. The van der Waals surface area contributed by atoms with Crippen LogP contribution in [0.5, 0.6) is 11.5 Å². The van der Waals surface area contributed by atoms with E-state index in [1.165, 1.54) is 27.2 Å². The van der Waals surface area contributed by atoms with Gasteiger partial charge in [-0.2, -0.15) is 0 Å². The maximum Gasteiger partial charge on any atom is 0.327 e. The summed E-state index contributed by atoms with van der Waals surface area (Å²) >= 11 is 0. The highest BCUT2D eigenvalue weighted by Crippen LogP contribution is 2.53. The van der Waals surface area contributed by atoms with Crippen molar-refractivity contribution in [1.82, 2.24) is 5.32 Å². The average molecular weight is 509 g/mol. The summed E-state index contributed by atoms with van der Waals surface area (Å²) in [5, 5.41) is 3.37. The first kappa shape index (κ1) is 26.3. The van der Waals surface area contributed by atoms with Gasteiger partial charge >= 0.3 is 5.97 Å². The predicted octanol–water partition coefficient (Wildman–Crippen LogP) is 3.46. The zero-order chi connectivity index (χ0) is 26.9. The van der Waals surface area contributed by atoms with Crippen LogP contribution >= 0.6 is 0 Å². The number of nitrogens with one attached hydrogen (secondary N) is 1. The maximum atomic E-state index is 14.0. The van der Waals surface area contributed by atoms with Gasteiger partial charge in [-0.1, -0.05) is 31.5 Å². The quantitative estimate of drug-likeness (QED) is 0.312. The molecular weight excluding hydrogens is 476 g/mol. The summed E-state index contributed by atoms with van der Waals surface area (Å²) < 4.78 is 16.4. The summed E-state index contributed by atoms with van der Waals surface area (Å²) in [6.45, 7) is 5.17. The van der Waals surface area contributed by atoms with E-state index in [0.29, 0.717) is 41.2 Å². The number of esters is 1. The number of Topliss-reactive ketones (excluding diaryl/α,β-unsaturated/α-hetero) is 1. The van der Waals surface area contributed by atoms with Crippen molar-refractivity contribution in [1.29, 1.82) is 0 Å². The van der Waals surface area contributed by atoms with Crippen LogP contribution in [0.3, 0.4) is 0 Å². The maximum absolute atomic E-state index is 14.0. The molecule has 2 heterocycles. The van der Waals surface area contributed by atoms with E-state index < -0.39 is 41.2 Å². The van der Waals surface area contributed by atoms with E-state index in [2.05, 4.69) is 5.32 Å². The van der Waals surface area contributed by atoms with E-state index in [-0.39, 0.29) is 12.4 Å². The van der Waals surface area contributed by atoms with Gasteiger partial charge in [-0.3, -0.25) is 24.5 Å². The number of rotatable bonds is 9. The van der Waals surface area contributed by atoms with Crippen LogP contribution in [0.1, 0.15) is 55.6 Å². The largest absolute Gasteiger partial charge is 0.497 e. The Morgan fingerprint density at radius 3 is 2.41 bits per heavy atom. The molecule has 2 aliphatic heterocycles. The minimum atomic E-state index is -1.41. The van der Waals surface area contributed by atoms with Crippen molar-refractivity contribution in [3.05, 3.63) is 53.6 Å². The number of ketones is 1. The van der Waals surface area contributed by atoms with Crippen LogP contribution in [0, 0.1) is 11.8 Å². The second-order valence-corrected chi connectivity index (χ2v) is 9.29. The van der Waals surface area contributed by atoms with Gasteiger partial charge in [0, 0.05) is 23.2 Å². The van der Waals surface area contributed by atoms with Gasteiger partial charge in [0.1, 0.15) is 17.0 Å². The summed E-state index contributed by atoms with van der Waals surface area (Å²) in [6, 6.07) is 10.9. The van der Waals surface area contributed by atoms with Gasteiger partial charge in [0.25, 0.3) is 0 Å². The van der Waals surface area contributed by atoms with Crippen molar-refractivity contribution in [2.45, 2.75) is 45.2 Å². The second-order valence-electron chi connectivity index (χ2n) is 9.29. The summed E-state index contributed by atoms with van der Waals surface area (Å²) in [7, 11) is 3.05. The highest BCUT2D eigenvalue weighted by atomic mass is 16.5. The lowest BCUT2D eigenvalue weighted by Gasteiger charge is -2.33. The standard InChI is InChI=1S/C28H32N2O7/c1-6-13-28(27(34)37-7-2)23-22(24(29-28)20-12-11-19(35-4)15-21(20)36-5)25(32)30(26(23)33)18-10-8-9-17(14-18)16(3)31/h8-12,14-15,22-24,29H,6-7,13H2,1-5H3/t22-,23+,24-,28-/m0/s1. The van der Waals surface area contributed by atoms with Crippen molar-refractivity contribution >= 4 is 29.3 Å². The first-order valence-electron chi connectivity index (χ1n) is 12.4. The van der Waals surface area contributed by atoms with E-state index in [1.807, 2.05) is 6.92 Å². The molecule has 0 radical (unpaired) electrons. The third-order valence-corrected chi connectivity index (χ3v) is 7.22. The topological polar surface area (TPSA) is 111 Å². The van der Waals surface area contributed by atoms with Crippen LogP contribution in [0.4, 0.5) is 5.69 Å². The summed E-state index contributed by atoms with van der Waals surface area (Å²) in [5.41, 5.74) is -0.107. The number of methoxy groups -OCH3 is 2. The SMILES string of the molecule is CCC[C@]1(C(=O)OCC)N[C@@H](c2ccc(OC)cc2OC)[C@H]2C(=O)N(c3cccc(C(C)=O)c3)C(=O)[C@@H]21. The molecule has 0 saturated carbocycles. The zero-order valence-electron chi connectivity index (χ0n) is 21.7. The number of anilines is 1. The number of fused-ring (bicyclic) bond motifs is 1. The van der Waals surface area contributed by atoms with Crippen LogP contribution in [-0.4, -0.2) is 49.9 Å². The lowest BCUT2D eigenvalue weighted by molar-refractivity contribution is -0.155. The molecule has 2 aromatic rings. The molecule has 9 nitrogen and oxygen atoms in total. The molecule has 0 bridgehead atoms. The summed E-state index contributed by atoms with van der Waals surface area (Å²) in [5.74, 6) is -2.57. The Hall–Kier alpha value is -3.72. The van der Waals surface area contributed by atoms with Crippen LogP contribution in [0.25, 0.3) is 0 Å². The van der Waals surface area contributed by atoms with Gasteiger partial charge in [-0.05, 0) is 38.5 Å². The fraction of sp³-hybridized carbons (Fsp3) is 0.429. The molecule has 2 aliphatic rings. The van der Waals surface area contributed by atoms with Gasteiger partial charge in [0.15, 0.2) is 5.78 Å². The van der Waals surface area contributed by atoms with Crippen molar-refractivity contribution in [2.75, 3.05) is 25.7 Å². The van der Waals surface area contributed by atoms with E-state index in [0.717, 1.165) is 4.90 Å². The molecule has 196 valence electrons.